The third kappa shape index (κ3) is 4.37. The Kier molecular flexibility index (Phi) is 6.51. The maximum Gasteiger partial charge on any atom is 0.245 e. The highest BCUT2D eigenvalue weighted by Crippen LogP contribution is 2.36. The van der Waals surface area contributed by atoms with Crippen LogP contribution in [0, 0.1) is 5.82 Å². The predicted molar refractivity (Wildman–Crippen MR) is 112 cm³/mol. The van der Waals surface area contributed by atoms with Gasteiger partial charge in [-0.25, -0.2) is 14.4 Å². The number of fused-ring (bicyclic) bond motifs is 1. The fourth-order valence-electron chi connectivity index (χ4n) is 3.60. The molecule has 4 N–H and O–H groups in total. The number of imidazole rings is 1. The summed E-state index contributed by atoms with van der Waals surface area (Å²) in [5.74, 6) is 0.201. The molecule has 1 saturated heterocycles. The summed E-state index contributed by atoms with van der Waals surface area (Å²) < 4.78 is 26.3. The highest BCUT2D eigenvalue weighted by molar-refractivity contribution is 5.79. The number of nitrogens with one attached hydrogen (secondary N) is 1. The normalized spacial score (nSPS) is 24.1. The number of benzene rings is 1. The Balaban J connectivity index is 1.71. The highest BCUT2D eigenvalue weighted by Gasteiger charge is 2.43. The minimum atomic E-state index is -1.20. The summed E-state index contributed by atoms with van der Waals surface area (Å²) in [6.07, 6.45) is -2.02. The zero-order valence-corrected chi connectivity index (χ0v) is 17.7. The van der Waals surface area contributed by atoms with E-state index in [0.717, 1.165) is 5.56 Å². The van der Waals surface area contributed by atoms with Crippen molar-refractivity contribution in [1.82, 2.24) is 19.5 Å². The van der Waals surface area contributed by atoms with Crippen molar-refractivity contribution in [3.05, 3.63) is 42.0 Å². The van der Waals surface area contributed by atoms with Gasteiger partial charge in [0.05, 0.1) is 6.10 Å². The molecule has 3 aromatic rings. The molecule has 3 heterocycles. The van der Waals surface area contributed by atoms with Gasteiger partial charge in [0, 0.05) is 12.6 Å². The molecule has 4 rings (SSSR count). The molecule has 1 unspecified atom stereocenters. The number of aromatic nitrogens is 4. The predicted octanol–water partition coefficient (Wildman–Crippen LogP) is 1.37. The zero-order valence-electron chi connectivity index (χ0n) is 17.7. The molecule has 10 nitrogen and oxygen atoms in total. The number of ether oxygens (including phenoxy) is 2. The molecular weight excluding hydrogens is 421 g/mol. The molecule has 1 aromatic carbocycles. The van der Waals surface area contributed by atoms with Crippen LogP contribution >= 0.6 is 0 Å². The first-order valence-corrected chi connectivity index (χ1v) is 10.4. The van der Waals surface area contributed by atoms with Crippen molar-refractivity contribution < 1.29 is 29.2 Å². The molecule has 0 aliphatic carbocycles. The van der Waals surface area contributed by atoms with E-state index in [9.17, 15) is 19.7 Å². The Labute approximate surface area is 183 Å². The van der Waals surface area contributed by atoms with Gasteiger partial charge in [-0.05, 0) is 38.0 Å². The van der Waals surface area contributed by atoms with Gasteiger partial charge in [-0.3, -0.25) is 4.57 Å². The standard InChI is InChI=1S/C21H26FN5O5/c1-11(7-8-28)25-21-26-15-18(27(21)20-17(30)16(29)12(2)32-20)23-10-24-19(15)31-9-13-3-5-14(22)6-4-13/h3-6,10-12,16-17,20,28-30H,7-9H2,1-2H3,(H,25,26)/t11?,12-,16-,17-,20-/m1/s1. The number of hydrogen-bond acceptors (Lipinski definition) is 9. The van der Waals surface area contributed by atoms with E-state index in [0.29, 0.717) is 23.5 Å². The van der Waals surface area contributed by atoms with Crippen LogP contribution in [0.1, 0.15) is 32.1 Å². The molecule has 0 saturated carbocycles. The van der Waals surface area contributed by atoms with Crippen LogP contribution < -0.4 is 10.1 Å². The number of hydrogen-bond donors (Lipinski definition) is 4. The molecule has 0 amide bonds. The second-order valence-electron chi connectivity index (χ2n) is 7.84. The van der Waals surface area contributed by atoms with E-state index in [-0.39, 0.29) is 31.0 Å². The smallest absolute Gasteiger partial charge is 0.245 e. The van der Waals surface area contributed by atoms with E-state index in [1.807, 2.05) is 6.92 Å². The summed E-state index contributed by atoms with van der Waals surface area (Å²) in [5.41, 5.74) is 1.43. The van der Waals surface area contributed by atoms with Crippen LogP contribution in [0.4, 0.5) is 10.3 Å². The molecule has 1 fully saturated rings. The average Bonchev–Trinajstić information content (AvgIpc) is 3.25. The maximum absolute atomic E-state index is 13.2. The van der Waals surface area contributed by atoms with Crippen molar-refractivity contribution in [1.29, 1.82) is 0 Å². The van der Waals surface area contributed by atoms with Crippen molar-refractivity contribution in [2.24, 2.45) is 0 Å². The molecule has 0 spiro atoms. The lowest BCUT2D eigenvalue weighted by molar-refractivity contribution is -0.0287. The van der Waals surface area contributed by atoms with Crippen molar-refractivity contribution in [3.8, 4) is 5.88 Å². The van der Waals surface area contributed by atoms with Gasteiger partial charge in [0.15, 0.2) is 17.4 Å². The summed E-state index contributed by atoms with van der Waals surface area (Å²) in [6.45, 7) is 3.67. The summed E-state index contributed by atoms with van der Waals surface area (Å²) in [4.78, 5) is 13.1. The first-order chi connectivity index (χ1) is 15.4. The average molecular weight is 447 g/mol. The van der Waals surface area contributed by atoms with Gasteiger partial charge in [-0.2, -0.15) is 4.98 Å². The number of aliphatic hydroxyl groups excluding tert-OH is 3. The van der Waals surface area contributed by atoms with Crippen LogP contribution in [0.3, 0.4) is 0 Å². The quantitative estimate of drug-likeness (QED) is 0.404. The zero-order chi connectivity index (χ0) is 22.8. The lowest BCUT2D eigenvalue weighted by Crippen LogP contribution is -2.31. The third-order valence-corrected chi connectivity index (χ3v) is 5.40. The van der Waals surface area contributed by atoms with Crippen LogP contribution in [0.5, 0.6) is 5.88 Å². The molecule has 172 valence electrons. The van der Waals surface area contributed by atoms with E-state index in [2.05, 4.69) is 20.3 Å². The number of anilines is 1. The van der Waals surface area contributed by atoms with Crippen molar-refractivity contribution >= 4 is 17.1 Å². The molecule has 0 bridgehead atoms. The number of halogens is 1. The minimum Gasteiger partial charge on any atom is -0.471 e. The number of nitrogens with zero attached hydrogens (tertiary/aromatic N) is 4. The third-order valence-electron chi connectivity index (χ3n) is 5.40. The van der Waals surface area contributed by atoms with Crippen molar-refractivity contribution in [2.75, 3.05) is 11.9 Å². The Morgan fingerprint density at radius 2 is 1.97 bits per heavy atom. The molecule has 1 aliphatic rings. The fourth-order valence-corrected chi connectivity index (χ4v) is 3.60. The van der Waals surface area contributed by atoms with Crippen molar-refractivity contribution in [3.63, 3.8) is 0 Å². The topological polar surface area (TPSA) is 135 Å². The van der Waals surface area contributed by atoms with Gasteiger partial charge in [-0.15, -0.1) is 0 Å². The van der Waals surface area contributed by atoms with Crippen LogP contribution in [-0.2, 0) is 11.3 Å². The summed E-state index contributed by atoms with van der Waals surface area (Å²) in [5, 5.41) is 33.2. The monoisotopic (exact) mass is 447 g/mol. The highest BCUT2D eigenvalue weighted by atomic mass is 19.1. The first-order valence-electron chi connectivity index (χ1n) is 10.4. The number of aliphatic hydroxyl groups is 3. The van der Waals surface area contributed by atoms with Gasteiger partial charge in [0.1, 0.15) is 31.0 Å². The molecule has 0 radical (unpaired) electrons. The minimum absolute atomic E-state index is 0.0153. The van der Waals surface area contributed by atoms with Crippen LogP contribution in [-0.4, -0.2) is 65.8 Å². The Morgan fingerprint density at radius 3 is 2.62 bits per heavy atom. The summed E-state index contributed by atoms with van der Waals surface area (Å²) >= 11 is 0. The van der Waals surface area contributed by atoms with E-state index in [1.165, 1.54) is 18.5 Å². The van der Waals surface area contributed by atoms with Gasteiger partial charge in [0.2, 0.25) is 11.8 Å². The Morgan fingerprint density at radius 1 is 1.22 bits per heavy atom. The molecular formula is C21H26FN5O5. The Bertz CT molecular complexity index is 1060. The summed E-state index contributed by atoms with van der Waals surface area (Å²) in [6, 6.07) is 5.77. The maximum atomic E-state index is 13.2. The fraction of sp³-hybridized carbons (Fsp3) is 0.476. The van der Waals surface area contributed by atoms with Crippen molar-refractivity contribution in [2.45, 2.75) is 57.5 Å². The molecule has 32 heavy (non-hydrogen) atoms. The van der Waals surface area contributed by atoms with E-state index in [4.69, 9.17) is 9.47 Å². The van der Waals surface area contributed by atoms with Crippen LogP contribution in [0.15, 0.2) is 30.6 Å². The largest absolute Gasteiger partial charge is 0.471 e. The molecule has 1 aliphatic heterocycles. The molecule has 2 aromatic heterocycles. The van der Waals surface area contributed by atoms with Gasteiger partial charge in [-0.1, -0.05) is 12.1 Å². The Hall–Kier alpha value is -2.86. The van der Waals surface area contributed by atoms with E-state index >= 15 is 0 Å². The number of rotatable bonds is 8. The van der Waals surface area contributed by atoms with Gasteiger partial charge < -0.3 is 30.1 Å². The van der Waals surface area contributed by atoms with Gasteiger partial charge >= 0.3 is 0 Å². The van der Waals surface area contributed by atoms with E-state index < -0.39 is 24.5 Å². The summed E-state index contributed by atoms with van der Waals surface area (Å²) in [7, 11) is 0. The SMILES string of the molecule is CC(CCO)Nc1nc2c(OCc3ccc(F)cc3)ncnc2n1[C@@H]1O[C@H](C)[C@@H](O)[C@H]1O. The van der Waals surface area contributed by atoms with Crippen LogP contribution in [0.2, 0.25) is 0 Å². The van der Waals surface area contributed by atoms with E-state index in [1.54, 1.807) is 23.6 Å². The second-order valence-corrected chi connectivity index (χ2v) is 7.84. The second kappa shape index (κ2) is 9.33. The lowest BCUT2D eigenvalue weighted by Gasteiger charge is -2.21. The molecule has 11 heteroatoms. The first kappa shape index (κ1) is 22.3. The van der Waals surface area contributed by atoms with Crippen LogP contribution in [0.25, 0.3) is 11.2 Å². The lowest BCUT2D eigenvalue weighted by atomic mass is 10.1. The van der Waals surface area contributed by atoms with Gasteiger partial charge in [0.25, 0.3) is 0 Å². The molecule has 5 atom stereocenters.